The minimum absolute atomic E-state index is 0.489. The van der Waals surface area contributed by atoms with E-state index in [1.165, 1.54) is 0 Å². The minimum Gasteiger partial charge on any atom is -0.478 e. The lowest BCUT2D eigenvalue weighted by Gasteiger charge is -2.19. The van der Waals surface area contributed by atoms with Gasteiger partial charge in [-0.15, -0.1) is 0 Å². The zero-order valence-corrected chi connectivity index (χ0v) is 11.5. The van der Waals surface area contributed by atoms with Gasteiger partial charge in [-0.2, -0.15) is 0 Å². The maximum Gasteiger partial charge on any atom is 0.412 e. The van der Waals surface area contributed by atoms with Gasteiger partial charge in [0.25, 0.3) is 5.69 Å². The summed E-state index contributed by atoms with van der Waals surface area (Å²) in [5.41, 5.74) is -2.95. The molecule has 0 spiro atoms. The molecule has 1 aromatic carbocycles. The monoisotopic (exact) mass is 300 g/mol. The Kier molecular flexibility index (Phi) is 4.46. The summed E-state index contributed by atoms with van der Waals surface area (Å²) >= 11 is 0. The van der Waals surface area contributed by atoms with Gasteiger partial charge in [-0.1, -0.05) is 0 Å². The van der Waals surface area contributed by atoms with E-state index in [2.05, 4.69) is 0 Å². The Morgan fingerprint density at radius 2 is 1.95 bits per heavy atom. The normalized spacial score (nSPS) is 10.9. The average molecular weight is 300 g/mol. The van der Waals surface area contributed by atoms with Gasteiger partial charge in [0.15, 0.2) is 0 Å². The van der Waals surface area contributed by atoms with Crippen LogP contribution in [0, 0.1) is 15.9 Å². The first kappa shape index (κ1) is 16.3. The number of carbonyl (C=O) groups is 2. The van der Waals surface area contributed by atoms with Gasteiger partial charge in [-0.3, -0.25) is 15.4 Å². The van der Waals surface area contributed by atoms with Crippen LogP contribution in [-0.2, 0) is 4.74 Å². The van der Waals surface area contributed by atoms with Crippen LogP contribution in [0.4, 0.5) is 20.6 Å². The smallest absolute Gasteiger partial charge is 0.412 e. The number of rotatable bonds is 3. The molecule has 21 heavy (non-hydrogen) atoms. The summed E-state index contributed by atoms with van der Waals surface area (Å²) in [5.74, 6) is -2.86. The third-order valence-electron chi connectivity index (χ3n) is 2.15. The van der Waals surface area contributed by atoms with Gasteiger partial charge in [0.05, 0.1) is 4.92 Å². The molecule has 0 fully saturated rings. The van der Waals surface area contributed by atoms with Crippen molar-refractivity contribution < 1.29 is 28.7 Å². The van der Waals surface area contributed by atoms with E-state index in [1.54, 1.807) is 20.8 Å². The summed E-state index contributed by atoms with van der Waals surface area (Å²) < 4.78 is 18.4. The molecule has 0 radical (unpaired) electrons. The third kappa shape index (κ3) is 4.41. The Morgan fingerprint density at radius 1 is 1.38 bits per heavy atom. The second kappa shape index (κ2) is 5.73. The largest absolute Gasteiger partial charge is 0.478 e. The lowest BCUT2D eigenvalue weighted by Crippen LogP contribution is -2.27. The van der Waals surface area contributed by atoms with Crippen molar-refractivity contribution in [2.45, 2.75) is 26.4 Å². The molecule has 0 saturated carbocycles. The van der Waals surface area contributed by atoms with E-state index in [4.69, 9.17) is 9.84 Å². The number of carboxylic acid groups (broad SMARTS) is 1. The highest BCUT2D eigenvalue weighted by Crippen LogP contribution is 2.28. The molecule has 0 aliphatic carbocycles. The van der Waals surface area contributed by atoms with Gasteiger partial charge < -0.3 is 9.84 Å². The molecule has 0 unspecified atom stereocenters. The molecule has 1 amide bonds. The first-order valence-electron chi connectivity index (χ1n) is 5.72. The Hall–Kier alpha value is -2.71. The fraction of sp³-hybridized carbons (Fsp3) is 0.333. The van der Waals surface area contributed by atoms with Crippen LogP contribution in [0.2, 0.25) is 0 Å². The quantitative estimate of drug-likeness (QED) is 0.654. The standard InChI is InChI=1S/C12H13FN2O6/c1-12(2,3)21-11(18)14-8-5-7(13)6(10(16)17)4-9(8)15(19)20/h4-5H,1-3H3,(H,14,18)(H,16,17). The molecule has 1 aromatic rings. The summed E-state index contributed by atoms with van der Waals surface area (Å²) in [4.78, 5) is 32.2. The number of anilines is 1. The molecule has 1 rings (SSSR count). The van der Waals surface area contributed by atoms with Crippen LogP contribution < -0.4 is 5.32 Å². The molecule has 8 nitrogen and oxygen atoms in total. The highest BCUT2D eigenvalue weighted by atomic mass is 19.1. The van der Waals surface area contributed by atoms with Gasteiger partial charge in [0.2, 0.25) is 0 Å². The Balaban J connectivity index is 3.18. The molecule has 0 heterocycles. The maximum atomic E-state index is 13.5. The van der Waals surface area contributed by atoms with Crippen LogP contribution in [0.5, 0.6) is 0 Å². The summed E-state index contributed by atoms with van der Waals surface area (Å²) in [5, 5.41) is 21.6. The van der Waals surface area contributed by atoms with Gasteiger partial charge >= 0.3 is 12.1 Å². The zero-order chi connectivity index (χ0) is 16.4. The van der Waals surface area contributed by atoms with E-state index in [-0.39, 0.29) is 0 Å². The fourth-order valence-electron chi connectivity index (χ4n) is 1.39. The number of nitrogens with one attached hydrogen (secondary N) is 1. The highest BCUT2D eigenvalue weighted by molar-refractivity contribution is 5.93. The fourth-order valence-corrected chi connectivity index (χ4v) is 1.39. The number of carbonyl (C=O) groups excluding carboxylic acids is 1. The molecular weight excluding hydrogens is 287 g/mol. The first-order chi connectivity index (χ1) is 9.51. The molecule has 0 aromatic heterocycles. The third-order valence-corrected chi connectivity index (χ3v) is 2.15. The number of hydrogen-bond acceptors (Lipinski definition) is 5. The van der Waals surface area contributed by atoms with E-state index in [0.717, 1.165) is 0 Å². The number of ether oxygens (including phenoxy) is 1. The van der Waals surface area contributed by atoms with Crippen molar-refractivity contribution in [2.75, 3.05) is 5.32 Å². The van der Waals surface area contributed by atoms with Crippen LogP contribution in [0.25, 0.3) is 0 Å². The van der Waals surface area contributed by atoms with E-state index >= 15 is 0 Å². The lowest BCUT2D eigenvalue weighted by molar-refractivity contribution is -0.384. The molecule has 9 heteroatoms. The molecular formula is C12H13FN2O6. The molecule has 2 N–H and O–H groups in total. The topological polar surface area (TPSA) is 119 Å². The number of nitrogens with zero attached hydrogens (tertiary/aromatic N) is 1. The number of carboxylic acids is 1. The number of halogens is 1. The number of aromatic carboxylic acids is 1. The number of amides is 1. The number of benzene rings is 1. The SMILES string of the molecule is CC(C)(C)OC(=O)Nc1cc(F)c(C(=O)O)cc1[N+](=O)[O-]. The van der Waals surface area contributed by atoms with Crippen molar-refractivity contribution in [1.29, 1.82) is 0 Å². The van der Waals surface area contributed by atoms with Crippen molar-refractivity contribution in [2.24, 2.45) is 0 Å². The van der Waals surface area contributed by atoms with Crippen LogP contribution in [0.1, 0.15) is 31.1 Å². The number of hydrogen-bond donors (Lipinski definition) is 2. The van der Waals surface area contributed by atoms with Crippen molar-refractivity contribution in [3.05, 3.63) is 33.6 Å². The second-order valence-corrected chi connectivity index (χ2v) is 5.04. The second-order valence-electron chi connectivity index (χ2n) is 5.04. The molecule has 114 valence electrons. The first-order valence-corrected chi connectivity index (χ1v) is 5.72. The summed E-state index contributed by atoms with van der Waals surface area (Å²) in [6, 6.07) is 1.09. The van der Waals surface area contributed by atoms with Crippen molar-refractivity contribution in [3.63, 3.8) is 0 Å². The summed E-state index contributed by atoms with van der Waals surface area (Å²) in [7, 11) is 0. The van der Waals surface area contributed by atoms with Gasteiger partial charge in [0.1, 0.15) is 22.7 Å². The van der Waals surface area contributed by atoms with E-state index < -0.39 is 45.3 Å². The maximum absolute atomic E-state index is 13.5. The van der Waals surface area contributed by atoms with E-state index in [9.17, 15) is 24.1 Å². The predicted molar refractivity (Wildman–Crippen MR) is 69.9 cm³/mol. The van der Waals surface area contributed by atoms with E-state index in [0.29, 0.717) is 12.1 Å². The van der Waals surface area contributed by atoms with Crippen molar-refractivity contribution in [1.82, 2.24) is 0 Å². The highest BCUT2D eigenvalue weighted by Gasteiger charge is 2.24. The molecule has 0 aliphatic heterocycles. The van der Waals surface area contributed by atoms with Crippen LogP contribution in [0.3, 0.4) is 0 Å². The van der Waals surface area contributed by atoms with Gasteiger partial charge in [-0.05, 0) is 20.8 Å². The lowest BCUT2D eigenvalue weighted by atomic mass is 10.1. The van der Waals surface area contributed by atoms with Gasteiger partial charge in [0, 0.05) is 12.1 Å². The zero-order valence-electron chi connectivity index (χ0n) is 11.5. The van der Waals surface area contributed by atoms with Crippen LogP contribution in [-0.4, -0.2) is 27.7 Å². The number of nitro benzene ring substituents is 1. The van der Waals surface area contributed by atoms with E-state index in [1.807, 2.05) is 5.32 Å². The molecule has 0 aliphatic rings. The number of nitro groups is 1. The Morgan fingerprint density at radius 3 is 2.38 bits per heavy atom. The van der Waals surface area contributed by atoms with Gasteiger partial charge in [-0.25, -0.2) is 14.0 Å². The van der Waals surface area contributed by atoms with Crippen molar-refractivity contribution >= 4 is 23.4 Å². The van der Waals surface area contributed by atoms with Crippen LogP contribution in [0.15, 0.2) is 12.1 Å². The summed E-state index contributed by atoms with van der Waals surface area (Å²) in [6.45, 7) is 4.74. The molecule has 0 saturated heterocycles. The molecule has 0 atom stereocenters. The van der Waals surface area contributed by atoms with Crippen molar-refractivity contribution in [3.8, 4) is 0 Å². The van der Waals surface area contributed by atoms with Crippen LogP contribution >= 0.6 is 0 Å². The molecule has 0 bridgehead atoms. The Labute approximate surface area is 118 Å². The minimum atomic E-state index is -1.65. The predicted octanol–water partition coefficient (Wildman–Crippen LogP) is 2.78. The Bertz CT molecular complexity index is 609. The average Bonchev–Trinajstić information content (AvgIpc) is 2.24. The summed E-state index contributed by atoms with van der Waals surface area (Å²) in [6.07, 6.45) is -1.02.